The molecule has 3 atom stereocenters. The van der Waals surface area contributed by atoms with Gasteiger partial charge < -0.3 is 19.0 Å². The quantitative estimate of drug-likeness (QED) is 0.598. The number of aliphatic hydroxyl groups is 1. The summed E-state index contributed by atoms with van der Waals surface area (Å²) < 4.78 is 18.2. The van der Waals surface area contributed by atoms with Gasteiger partial charge in [0.05, 0.1) is 6.61 Å². The van der Waals surface area contributed by atoms with E-state index in [4.69, 9.17) is 13.9 Å². The average Bonchev–Trinajstić information content (AvgIpc) is 2.53. The zero-order valence-corrected chi connectivity index (χ0v) is 17.6. The maximum atomic E-state index is 10.7. The first-order chi connectivity index (χ1) is 10.1. The normalized spacial score (nSPS) is 29.4. The molecule has 0 aliphatic carbocycles. The Labute approximate surface area is 143 Å². The van der Waals surface area contributed by atoms with Crippen LogP contribution in [0.4, 0.5) is 0 Å². The first-order valence-corrected chi connectivity index (χ1v) is 11.4. The van der Waals surface area contributed by atoms with Crippen molar-refractivity contribution in [3.63, 3.8) is 0 Å². The lowest BCUT2D eigenvalue weighted by Gasteiger charge is -2.38. The summed E-state index contributed by atoms with van der Waals surface area (Å²) in [6.07, 6.45) is 0.853. The van der Waals surface area contributed by atoms with Crippen LogP contribution < -0.4 is 0 Å². The monoisotopic (exact) mass is 344 g/mol. The number of hydrogen-bond acceptors (Lipinski definition) is 4. The van der Waals surface area contributed by atoms with Gasteiger partial charge >= 0.3 is 0 Å². The predicted molar refractivity (Wildman–Crippen MR) is 97.0 cm³/mol. The maximum Gasteiger partial charge on any atom is 0.192 e. The molecule has 0 saturated carbocycles. The molecule has 0 aromatic heterocycles. The maximum absolute atomic E-state index is 10.7. The van der Waals surface area contributed by atoms with Gasteiger partial charge in [0.1, 0.15) is 17.8 Å². The van der Waals surface area contributed by atoms with E-state index in [1.807, 2.05) is 40.7 Å². The standard InChI is InChI=1S/C18H36O4Si/c1-13(2)11-18(8)15(21-17(6,7)22-18)14(19)12-20-23(9,10)16(3,4)5/h11,14-15,19H,12H2,1-10H3/t14-,15-,18+/m1/s1. The summed E-state index contributed by atoms with van der Waals surface area (Å²) >= 11 is 0. The number of aliphatic hydroxyl groups excluding tert-OH is 1. The van der Waals surface area contributed by atoms with Gasteiger partial charge in [-0.15, -0.1) is 0 Å². The van der Waals surface area contributed by atoms with Crippen molar-refractivity contribution >= 4 is 8.32 Å². The highest BCUT2D eigenvalue weighted by molar-refractivity contribution is 6.74. The molecule has 23 heavy (non-hydrogen) atoms. The lowest BCUT2D eigenvalue weighted by Crippen LogP contribution is -2.49. The molecule has 0 amide bonds. The molecule has 0 bridgehead atoms. The van der Waals surface area contributed by atoms with E-state index in [-0.39, 0.29) is 11.6 Å². The Bertz CT molecular complexity index is 446. The molecule has 1 heterocycles. The minimum absolute atomic E-state index is 0.113. The van der Waals surface area contributed by atoms with E-state index >= 15 is 0 Å². The van der Waals surface area contributed by atoms with E-state index in [2.05, 4.69) is 33.9 Å². The Morgan fingerprint density at radius 3 is 2.22 bits per heavy atom. The summed E-state index contributed by atoms with van der Waals surface area (Å²) in [5, 5.41) is 10.8. The van der Waals surface area contributed by atoms with E-state index in [0.29, 0.717) is 0 Å². The summed E-state index contributed by atoms with van der Waals surface area (Å²) in [6.45, 7) is 21.0. The molecule has 0 aromatic rings. The van der Waals surface area contributed by atoms with Gasteiger partial charge in [-0.2, -0.15) is 0 Å². The van der Waals surface area contributed by atoms with Crippen molar-refractivity contribution in [2.75, 3.05) is 6.61 Å². The molecule has 1 aliphatic heterocycles. The summed E-state index contributed by atoms with van der Waals surface area (Å²) in [5.41, 5.74) is 0.481. The van der Waals surface area contributed by atoms with Crippen LogP contribution in [0, 0.1) is 0 Å². The molecule has 5 heteroatoms. The van der Waals surface area contributed by atoms with Crippen molar-refractivity contribution in [3.8, 4) is 0 Å². The third-order valence-electron chi connectivity index (χ3n) is 4.79. The van der Waals surface area contributed by atoms with Crippen LogP contribution in [0.3, 0.4) is 0 Å². The van der Waals surface area contributed by atoms with Crippen LogP contribution in [-0.4, -0.2) is 43.6 Å². The lowest BCUT2D eigenvalue weighted by atomic mass is 9.93. The van der Waals surface area contributed by atoms with E-state index in [0.717, 1.165) is 5.57 Å². The highest BCUT2D eigenvalue weighted by Crippen LogP contribution is 2.41. The fourth-order valence-electron chi connectivity index (χ4n) is 2.78. The molecule has 1 rings (SSSR count). The van der Waals surface area contributed by atoms with Crippen LogP contribution in [0.5, 0.6) is 0 Å². The second-order valence-corrected chi connectivity index (χ2v) is 13.9. The summed E-state index contributed by atoms with van der Waals surface area (Å²) in [6, 6.07) is 0. The number of allylic oxidation sites excluding steroid dienone is 1. The molecule has 0 aromatic carbocycles. The molecular weight excluding hydrogens is 308 g/mol. The van der Waals surface area contributed by atoms with Gasteiger partial charge in [0, 0.05) is 0 Å². The largest absolute Gasteiger partial charge is 0.414 e. The second kappa shape index (κ2) is 6.60. The SMILES string of the molecule is CC(C)=C[C@]1(C)OC(C)(C)O[C@@H]1[C@H](O)CO[Si](C)(C)C(C)(C)C. The van der Waals surface area contributed by atoms with Crippen molar-refractivity contribution < 1.29 is 19.0 Å². The predicted octanol–water partition coefficient (Wildman–Crippen LogP) is 4.25. The molecule has 1 fully saturated rings. The molecule has 136 valence electrons. The van der Waals surface area contributed by atoms with E-state index < -0.39 is 31.9 Å². The van der Waals surface area contributed by atoms with Crippen molar-refractivity contribution in [1.82, 2.24) is 0 Å². The summed E-state index contributed by atoms with van der Waals surface area (Å²) in [7, 11) is -1.90. The van der Waals surface area contributed by atoms with Crippen molar-refractivity contribution in [2.45, 2.75) is 97.1 Å². The fourth-order valence-corrected chi connectivity index (χ4v) is 3.80. The molecule has 0 spiro atoms. The zero-order valence-electron chi connectivity index (χ0n) is 16.6. The van der Waals surface area contributed by atoms with Gasteiger partial charge in [0.25, 0.3) is 0 Å². The van der Waals surface area contributed by atoms with Crippen LogP contribution in [0.1, 0.15) is 55.4 Å². The molecule has 1 N–H and O–H groups in total. The Balaban J connectivity index is 2.89. The fraction of sp³-hybridized carbons (Fsp3) is 0.889. The van der Waals surface area contributed by atoms with Crippen LogP contribution in [-0.2, 0) is 13.9 Å². The Kier molecular flexibility index (Phi) is 5.98. The van der Waals surface area contributed by atoms with Crippen molar-refractivity contribution in [1.29, 1.82) is 0 Å². The molecule has 4 nitrogen and oxygen atoms in total. The van der Waals surface area contributed by atoms with Crippen molar-refractivity contribution in [2.24, 2.45) is 0 Å². The van der Waals surface area contributed by atoms with Gasteiger partial charge in [-0.05, 0) is 52.8 Å². The van der Waals surface area contributed by atoms with Crippen LogP contribution in [0.15, 0.2) is 11.6 Å². The molecule has 0 radical (unpaired) electrons. The van der Waals surface area contributed by atoms with Crippen LogP contribution in [0.2, 0.25) is 18.1 Å². The van der Waals surface area contributed by atoms with Crippen LogP contribution >= 0.6 is 0 Å². The first-order valence-electron chi connectivity index (χ1n) is 8.46. The first kappa shape index (κ1) is 20.8. The topological polar surface area (TPSA) is 47.9 Å². The van der Waals surface area contributed by atoms with Gasteiger partial charge in [-0.1, -0.05) is 32.4 Å². The lowest BCUT2D eigenvalue weighted by molar-refractivity contribution is -0.160. The summed E-state index contributed by atoms with van der Waals surface area (Å²) in [4.78, 5) is 0. The Hall–Kier alpha value is -0.203. The molecular formula is C18H36O4Si. The van der Waals surface area contributed by atoms with E-state index in [1.54, 1.807) is 0 Å². The number of rotatable bonds is 5. The van der Waals surface area contributed by atoms with Gasteiger partial charge in [-0.25, -0.2) is 0 Å². The smallest absolute Gasteiger partial charge is 0.192 e. The van der Waals surface area contributed by atoms with E-state index in [1.165, 1.54) is 0 Å². The zero-order chi connectivity index (χ0) is 18.3. The molecule has 0 unspecified atom stereocenters. The van der Waals surface area contributed by atoms with Gasteiger partial charge in [0.15, 0.2) is 14.1 Å². The minimum Gasteiger partial charge on any atom is -0.414 e. The Morgan fingerprint density at radius 2 is 1.78 bits per heavy atom. The summed E-state index contributed by atoms with van der Waals surface area (Å²) in [5.74, 6) is -0.719. The minimum atomic E-state index is -1.90. The van der Waals surface area contributed by atoms with Crippen LogP contribution in [0.25, 0.3) is 0 Å². The van der Waals surface area contributed by atoms with Crippen molar-refractivity contribution in [3.05, 3.63) is 11.6 Å². The molecule has 1 saturated heterocycles. The van der Waals surface area contributed by atoms with Gasteiger partial charge in [0.2, 0.25) is 0 Å². The second-order valence-electron chi connectivity index (χ2n) is 9.08. The average molecular weight is 345 g/mol. The number of ether oxygens (including phenoxy) is 2. The number of hydrogen-bond donors (Lipinski definition) is 1. The third kappa shape index (κ3) is 5.13. The third-order valence-corrected chi connectivity index (χ3v) is 9.29. The Morgan fingerprint density at radius 1 is 1.26 bits per heavy atom. The highest BCUT2D eigenvalue weighted by atomic mass is 28.4. The highest BCUT2D eigenvalue weighted by Gasteiger charge is 2.52. The molecule has 1 aliphatic rings. The van der Waals surface area contributed by atoms with Gasteiger partial charge in [-0.3, -0.25) is 0 Å². The van der Waals surface area contributed by atoms with E-state index in [9.17, 15) is 5.11 Å².